The second-order valence-corrected chi connectivity index (χ2v) is 5.83. The maximum atomic E-state index is 10.8. The number of ether oxygens (including phenoxy) is 3. The van der Waals surface area contributed by atoms with Crippen molar-refractivity contribution < 1.29 is 34.5 Å². The van der Waals surface area contributed by atoms with Crippen LogP contribution in [0.25, 0.3) is 0 Å². The zero-order valence-corrected chi connectivity index (χ0v) is 13.3. The quantitative estimate of drug-likeness (QED) is 0.389. The molecule has 0 aromatic heterocycles. The minimum atomic E-state index is -1.36. The van der Waals surface area contributed by atoms with E-state index in [1.807, 2.05) is 0 Å². The Balaban J connectivity index is 1.77. The third kappa shape index (κ3) is 3.62. The molecule has 25 heavy (non-hydrogen) atoms. The van der Waals surface area contributed by atoms with E-state index in [-0.39, 0.29) is 23.6 Å². The van der Waals surface area contributed by atoms with Crippen molar-refractivity contribution >= 4 is 11.9 Å². The van der Waals surface area contributed by atoms with Gasteiger partial charge in [-0.05, 0) is 13.0 Å². The number of hydrogen-bond donors (Lipinski definition) is 3. The lowest BCUT2D eigenvalue weighted by Crippen LogP contribution is -2.62. The van der Waals surface area contributed by atoms with E-state index in [2.05, 4.69) is 4.99 Å². The number of hydrogen-bond acceptors (Lipinski definition) is 9. The summed E-state index contributed by atoms with van der Waals surface area (Å²) in [5, 5.41) is 41.0. The van der Waals surface area contributed by atoms with E-state index in [1.54, 1.807) is 6.92 Å². The molecule has 3 rings (SSSR count). The van der Waals surface area contributed by atoms with Gasteiger partial charge in [0.2, 0.25) is 0 Å². The summed E-state index contributed by atoms with van der Waals surface area (Å²) in [6.07, 6.45) is -4.44. The van der Waals surface area contributed by atoms with Crippen molar-refractivity contribution in [2.75, 3.05) is 6.61 Å². The number of non-ortho nitro benzene ring substituents is 1. The predicted molar refractivity (Wildman–Crippen MR) is 83.3 cm³/mol. The van der Waals surface area contributed by atoms with Gasteiger partial charge in [0.1, 0.15) is 30.2 Å². The number of nitro groups is 1. The Morgan fingerprint density at radius 3 is 2.80 bits per heavy atom. The predicted octanol–water partition coefficient (Wildman–Crippen LogP) is -0.0726. The molecule has 2 saturated heterocycles. The normalized spacial score (nSPS) is 35.5. The van der Waals surface area contributed by atoms with E-state index in [0.29, 0.717) is 0 Å². The van der Waals surface area contributed by atoms with Gasteiger partial charge in [0.05, 0.1) is 11.5 Å². The van der Waals surface area contributed by atoms with Gasteiger partial charge in [0.25, 0.3) is 5.69 Å². The Labute approximate surface area is 142 Å². The van der Waals surface area contributed by atoms with E-state index in [0.717, 1.165) is 18.3 Å². The topological polar surface area (TPSA) is 144 Å². The fourth-order valence-electron chi connectivity index (χ4n) is 2.75. The first-order chi connectivity index (χ1) is 11.9. The molecule has 6 atom stereocenters. The van der Waals surface area contributed by atoms with Gasteiger partial charge in [-0.25, -0.2) is 0 Å². The van der Waals surface area contributed by atoms with Gasteiger partial charge in [0, 0.05) is 23.9 Å². The van der Waals surface area contributed by atoms with Gasteiger partial charge in [-0.3, -0.25) is 15.1 Å². The number of aliphatic hydroxyl groups is 2. The van der Waals surface area contributed by atoms with Crippen LogP contribution in [-0.2, 0) is 14.2 Å². The van der Waals surface area contributed by atoms with Gasteiger partial charge in [-0.2, -0.15) is 0 Å². The van der Waals surface area contributed by atoms with E-state index in [1.165, 1.54) is 6.07 Å². The summed E-state index contributed by atoms with van der Waals surface area (Å²) in [6, 6.07) is 3.47. The van der Waals surface area contributed by atoms with Crippen LogP contribution in [0.3, 0.4) is 0 Å². The van der Waals surface area contributed by atoms with Crippen LogP contribution in [0.5, 0.6) is 5.75 Å². The highest BCUT2D eigenvalue weighted by Crippen LogP contribution is 2.29. The van der Waals surface area contributed by atoms with Crippen LogP contribution in [0.1, 0.15) is 12.5 Å². The van der Waals surface area contributed by atoms with Crippen LogP contribution in [0, 0.1) is 10.1 Å². The highest BCUT2D eigenvalue weighted by atomic mass is 16.7. The Kier molecular flexibility index (Phi) is 4.97. The molecule has 0 saturated carbocycles. The molecule has 0 unspecified atom stereocenters. The minimum absolute atomic E-state index is 0.0892. The molecule has 2 aliphatic rings. The summed E-state index contributed by atoms with van der Waals surface area (Å²) < 4.78 is 16.3. The van der Waals surface area contributed by atoms with E-state index < -0.39 is 41.9 Å². The molecule has 2 aliphatic heterocycles. The molecule has 3 N–H and O–H groups in total. The molecule has 1 aromatic rings. The molecule has 10 heteroatoms. The number of benzene rings is 1. The van der Waals surface area contributed by atoms with Crippen molar-refractivity contribution in [3.63, 3.8) is 0 Å². The minimum Gasteiger partial charge on any atom is -0.507 e. The number of nitro benzene ring substituents is 1. The Morgan fingerprint density at radius 2 is 2.08 bits per heavy atom. The summed E-state index contributed by atoms with van der Waals surface area (Å²) in [5.74, 6) is -0.212. The SMILES string of the molecule is C[C@@H]1OC[C@H]2O[C@@H](/N=C/c3cc([N+](=O)[O-])ccc3O)[C@H](O)[C@@H](O)[C@@H]2O1. The second-order valence-electron chi connectivity index (χ2n) is 5.83. The number of fused-ring (bicyclic) bond motifs is 1. The van der Waals surface area contributed by atoms with Crippen LogP contribution in [-0.4, -0.2) is 70.0 Å². The Hall–Kier alpha value is -2.11. The average Bonchev–Trinajstić information content (AvgIpc) is 2.58. The highest BCUT2D eigenvalue weighted by molar-refractivity contribution is 5.84. The van der Waals surface area contributed by atoms with Gasteiger partial charge in [0.15, 0.2) is 12.5 Å². The number of nitrogens with zero attached hydrogens (tertiary/aromatic N) is 2. The molecule has 10 nitrogen and oxygen atoms in total. The molecular weight excluding hydrogens is 336 g/mol. The largest absolute Gasteiger partial charge is 0.507 e. The van der Waals surface area contributed by atoms with Gasteiger partial charge in [-0.15, -0.1) is 0 Å². The third-order valence-corrected chi connectivity index (χ3v) is 4.09. The number of rotatable bonds is 3. The van der Waals surface area contributed by atoms with E-state index >= 15 is 0 Å². The molecule has 0 bridgehead atoms. The zero-order valence-electron chi connectivity index (χ0n) is 13.3. The van der Waals surface area contributed by atoms with Crippen LogP contribution in [0.4, 0.5) is 5.69 Å². The molecule has 1 aromatic carbocycles. The summed E-state index contributed by atoms with van der Waals surface area (Å²) in [6.45, 7) is 1.84. The Morgan fingerprint density at radius 1 is 1.32 bits per heavy atom. The highest BCUT2D eigenvalue weighted by Gasteiger charge is 2.47. The molecule has 136 valence electrons. The van der Waals surface area contributed by atoms with Crippen molar-refractivity contribution in [3.05, 3.63) is 33.9 Å². The van der Waals surface area contributed by atoms with Crippen LogP contribution >= 0.6 is 0 Å². The molecule has 0 radical (unpaired) electrons. The van der Waals surface area contributed by atoms with Crippen molar-refractivity contribution in [3.8, 4) is 5.75 Å². The molecule has 2 heterocycles. The zero-order chi connectivity index (χ0) is 18.1. The van der Waals surface area contributed by atoms with Crippen LogP contribution in [0.15, 0.2) is 23.2 Å². The average molecular weight is 354 g/mol. The molecule has 0 aliphatic carbocycles. The summed E-state index contributed by atoms with van der Waals surface area (Å²) >= 11 is 0. The van der Waals surface area contributed by atoms with Crippen LogP contribution < -0.4 is 0 Å². The lowest BCUT2D eigenvalue weighted by Gasteiger charge is -2.44. The lowest BCUT2D eigenvalue weighted by molar-refractivity contribution is -0.384. The summed E-state index contributed by atoms with van der Waals surface area (Å²) in [7, 11) is 0. The molecule has 0 spiro atoms. The number of phenols is 1. The first-order valence-electron chi connectivity index (χ1n) is 7.66. The lowest BCUT2D eigenvalue weighted by atomic mass is 9.97. The fourth-order valence-corrected chi connectivity index (χ4v) is 2.75. The van der Waals surface area contributed by atoms with Gasteiger partial charge in [-0.1, -0.05) is 0 Å². The maximum Gasteiger partial charge on any atom is 0.270 e. The van der Waals surface area contributed by atoms with Crippen molar-refractivity contribution in [2.45, 2.75) is 43.9 Å². The smallest absolute Gasteiger partial charge is 0.270 e. The summed E-state index contributed by atoms with van der Waals surface area (Å²) in [4.78, 5) is 14.2. The monoisotopic (exact) mass is 354 g/mol. The maximum absolute atomic E-state index is 10.8. The molecule has 0 amide bonds. The van der Waals surface area contributed by atoms with Crippen molar-refractivity contribution in [1.82, 2.24) is 0 Å². The summed E-state index contributed by atoms with van der Waals surface area (Å²) in [5.41, 5.74) is -0.126. The van der Waals surface area contributed by atoms with Gasteiger partial charge < -0.3 is 29.5 Å². The molecule has 2 fully saturated rings. The van der Waals surface area contributed by atoms with E-state index in [9.17, 15) is 25.4 Å². The first-order valence-corrected chi connectivity index (χ1v) is 7.66. The molecular formula is C15H18N2O8. The third-order valence-electron chi connectivity index (χ3n) is 4.09. The number of phenolic OH excluding ortho intramolecular Hbond substituents is 1. The standard InChI is InChI=1S/C15H18N2O8/c1-7-23-6-11-14(24-7)12(19)13(20)15(25-11)16-5-8-4-9(17(21)22)2-3-10(8)18/h2-5,7,11-15,18-20H,6H2,1H3/b16-5+/t7-,11-,12-,13-,14-,15-/m1/s1. The number of aliphatic imine (C=N–C) groups is 1. The van der Waals surface area contributed by atoms with Crippen molar-refractivity contribution in [2.24, 2.45) is 4.99 Å². The van der Waals surface area contributed by atoms with Gasteiger partial charge >= 0.3 is 0 Å². The fraction of sp³-hybridized carbons (Fsp3) is 0.533. The first kappa shape index (κ1) is 17.7. The second kappa shape index (κ2) is 7.02. The number of aliphatic hydroxyl groups excluding tert-OH is 2. The van der Waals surface area contributed by atoms with Crippen LogP contribution in [0.2, 0.25) is 0 Å². The Bertz CT molecular complexity index is 679. The van der Waals surface area contributed by atoms with E-state index in [4.69, 9.17) is 14.2 Å². The van der Waals surface area contributed by atoms with Crippen molar-refractivity contribution in [1.29, 1.82) is 0 Å². The number of aromatic hydroxyl groups is 1.